The largest absolute Gasteiger partial charge is 0.464 e. The minimum atomic E-state index is 0. The van der Waals surface area contributed by atoms with E-state index in [1.165, 1.54) is 36.6 Å². The van der Waals surface area contributed by atoms with Gasteiger partial charge in [0, 0.05) is 35.6 Å². The van der Waals surface area contributed by atoms with E-state index in [9.17, 15) is 0 Å². The number of fused-ring (bicyclic) bond motifs is 3. The van der Waals surface area contributed by atoms with Gasteiger partial charge in [0.2, 0.25) is 0 Å². The molecule has 2 aliphatic rings. The van der Waals surface area contributed by atoms with Crippen LogP contribution in [0, 0.1) is 0 Å². The summed E-state index contributed by atoms with van der Waals surface area (Å²) in [6.45, 7) is 0.987. The SMILES string of the molecule is CN(Cc1coc2ccccc12)C1CC2CCC(C1)N2.Cl. The minimum absolute atomic E-state index is 0. The van der Waals surface area contributed by atoms with E-state index >= 15 is 0 Å². The Morgan fingerprint density at radius 1 is 1.19 bits per heavy atom. The van der Waals surface area contributed by atoms with Crippen LogP contribution < -0.4 is 5.32 Å². The number of nitrogens with one attached hydrogen (secondary N) is 1. The molecule has 2 unspecified atom stereocenters. The van der Waals surface area contributed by atoms with Gasteiger partial charge in [0.1, 0.15) is 5.58 Å². The van der Waals surface area contributed by atoms with Gasteiger partial charge in [-0.2, -0.15) is 0 Å². The summed E-state index contributed by atoms with van der Waals surface area (Å²) in [5.41, 5.74) is 2.32. The van der Waals surface area contributed by atoms with Crippen LogP contribution in [0.2, 0.25) is 0 Å². The Bertz CT molecular complexity index is 600. The highest BCUT2D eigenvalue weighted by atomic mass is 35.5. The summed E-state index contributed by atoms with van der Waals surface area (Å²) in [7, 11) is 2.26. The Labute approximate surface area is 132 Å². The molecule has 0 saturated carbocycles. The lowest BCUT2D eigenvalue weighted by molar-refractivity contribution is 0.166. The molecule has 2 bridgehead atoms. The fourth-order valence-corrected chi connectivity index (χ4v) is 3.94. The molecule has 4 heteroatoms. The molecule has 1 aromatic heterocycles. The van der Waals surface area contributed by atoms with Crippen LogP contribution in [0.5, 0.6) is 0 Å². The van der Waals surface area contributed by atoms with Crippen molar-refractivity contribution >= 4 is 23.4 Å². The molecule has 2 fully saturated rings. The average Bonchev–Trinajstić information content (AvgIpc) is 3.03. The number of halogens is 1. The molecule has 1 N–H and O–H groups in total. The smallest absolute Gasteiger partial charge is 0.134 e. The Morgan fingerprint density at radius 2 is 1.90 bits per heavy atom. The van der Waals surface area contributed by atoms with Gasteiger partial charge in [-0.05, 0) is 38.8 Å². The second kappa shape index (κ2) is 5.99. The Hall–Kier alpha value is -1.03. The Balaban J connectivity index is 0.00000132. The monoisotopic (exact) mass is 306 g/mol. The van der Waals surface area contributed by atoms with Crippen molar-refractivity contribution < 1.29 is 4.42 Å². The molecule has 114 valence electrons. The molecular weight excluding hydrogens is 284 g/mol. The lowest BCUT2D eigenvalue weighted by atomic mass is 9.98. The van der Waals surface area contributed by atoms with Crippen LogP contribution in [0.4, 0.5) is 0 Å². The van der Waals surface area contributed by atoms with E-state index in [1.54, 1.807) is 0 Å². The third-order valence-corrected chi connectivity index (χ3v) is 5.05. The number of para-hydroxylation sites is 1. The average molecular weight is 307 g/mol. The zero-order valence-corrected chi connectivity index (χ0v) is 13.2. The highest BCUT2D eigenvalue weighted by Gasteiger charge is 2.35. The van der Waals surface area contributed by atoms with Crippen LogP contribution in [0.1, 0.15) is 31.2 Å². The summed E-state index contributed by atoms with van der Waals surface area (Å²) in [5.74, 6) is 0. The van der Waals surface area contributed by atoms with Crippen LogP contribution in [0.25, 0.3) is 11.0 Å². The third-order valence-electron chi connectivity index (χ3n) is 5.05. The predicted molar refractivity (Wildman–Crippen MR) is 87.9 cm³/mol. The van der Waals surface area contributed by atoms with E-state index in [0.717, 1.165) is 24.2 Å². The minimum Gasteiger partial charge on any atom is -0.464 e. The molecule has 0 aliphatic carbocycles. The quantitative estimate of drug-likeness (QED) is 0.939. The van der Waals surface area contributed by atoms with E-state index < -0.39 is 0 Å². The van der Waals surface area contributed by atoms with Crippen molar-refractivity contribution in [3.05, 3.63) is 36.1 Å². The maximum atomic E-state index is 5.65. The first-order chi connectivity index (χ1) is 9.79. The summed E-state index contributed by atoms with van der Waals surface area (Å²) in [5, 5.41) is 4.98. The maximum absolute atomic E-state index is 5.65. The van der Waals surface area contributed by atoms with Gasteiger partial charge in [-0.1, -0.05) is 18.2 Å². The molecule has 3 heterocycles. The third kappa shape index (κ3) is 2.83. The molecule has 21 heavy (non-hydrogen) atoms. The van der Waals surface area contributed by atoms with E-state index in [1.807, 2.05) is 18.4 Å². The number of nitrogens with zero attached hydrogens (tertiary/aromatic N) is 1. The Kier molecular flexibility index (Phi) is 4.25. The number of hydrogen-bond donors (Lipinski definition) is 1. The second-order valence-corrected chi connectivity index (χ2v) is 6.44. The molecule has 3 nitrogen and oxygen atoms in total. The van der Waals surface area contributed by atoms with Gasteiger partial charge < -0.3 is 9.73 Å². The number of rotatable bonds is 3. The van der Waals surface area contributed by atoms with Gasteiger partial charge in [-0.3, -0.25) is 4.90 Å². The lowest BCUT2D eigenvalue weighted by Gasteiger charge is -2.35. The maximum Gasteiger partial charge on any atom is 0.134 e. The predicted octanol–water partition coefficient (Wildman–Crippen LogP) is 3.57. The van der Waals surface area contributed by atoms with Gasteiger partial charge in [-0.15, -0.1) is 12.4 Å². The number of hydrogen-bond acceptors (Lipinski definition) is 3. The highest BCUT2D eigenvalue weighted by molar-refractivity contribution is 5.85. The summed E-state index contributed by atoms with van der Waals surface area (Å²) in [6, 6.07) is 10.5. The number of furan rings is 1. The van der Waals surface area contributed by atoms with Crippen molar-refractivity contribution in [2.75, 3.05) is 7.05 Å². The van der Waals surface area contributed by atoms with Gasteiger partial charge in [0.15, 0.2) is 0 Å². The van der Waals surface area contributed by atoms with Crippen molar-refractivity contribution in [1.29, 1.82) is 0 Å². The van der Waals surface area contributed by atoms with Gasteiger partial charge in [0.25, 0.3) is 0 Å². The fourth-order valence-electron chi connectivity index (χ4n) is 3.94. The highest BCUT2D eigenvalue weighted by Crippen LogP contribution is 2.30. The summed E-state index contributed by atoms with van der Waals surface area (Å²) >= 11 is 0. The molecule has 2 aromatic rings. The molecule has 2 saturated heterocycles. The van der Waals surface area contributed by atoms with Crippen molar-refractivity contribution in [3.63, 3.8) is 0 Å². The zero-order valence-electron chi connectivity index (χ0n) is 12.4. The van der Waals surface area contributed by atoms with Crippen LogP contribution >= 0.6 is 12.4 Å². The van der Waals surface area contributed by atoms with E-state index in [-0.39, 0.29) is 12.4 Å². The van der Waals surface area contributed by atoms with Crippen LogP contribution in [-0.4, -0.2) is 30.1 Å². The van der Waals surface area contributed by atoms with Crippen LogP contribution in [0.15, 0.2) is 34.9 Å². The van der Waals surface area contributed by atoms with Crippen LogP contribution in [-0.2, 0) is 6.54 Å². The first kappa shape index (κ1) is 14.9. The van der Waals surface area contributed by atoms with Crippen molar-refractivity contribution in [3.8, 4) is 0 Å². The van der Waals surface area contributed by atoms with Crippen molar-refractivity contribution in [2.45, 2.75) is 50.4 Å². The summed E-state index contributed by atoms with van der Waals surface area (Å²) in [6.07, 6.45) is 7.25. The molecule has 2 aliphatic heterocycles. The second-order valence-electron chi connectivity index (χ2n) is 6.44. The molecule has 1 aromatic carbocycles. The molecule has 0 spiro atoms. The van der Waals surface area contributed by atoms with Gasteiger partial charge in [-0.25, -0.2) is 0 Å². The van der Waals surface area contributed by atoms with Crippen LogP contribution in [0.3, 0.4) is 0 Å². The van der Waals surface area contributed by atoms with E-state index in [2.05, 4.69) is 29.4 Å². The van der Waals surface area contributed by atoms with Crippen molar-refractivity contribution in [1.82, 2.24) is 10.2 Å². The molecule has 4 rings (SSSR count). The van der Waals surface area contributed by atoms with E-state index in [4.69, 9.17) is 4.42 Å². The normalized spacial score (nSPS) is 28.0. The van der Waals surface area contributed by atoms with E-state index in [0.29, 0.717) is 6.04 Å². The first-order valence-electron chi connectivity index (χ1n) is 7.71. The molecular formula is C17H23ClN2O. The van der Waals surface area contributed by atoms with Crippen molar-refractivity contribution in [2.24, 2.45) is 0 Å². The fraction of sp³-hybridized carbons (Fsp3) is 0.529. The molecule has 0 amide bonds. The summed E-state index contributed by atoms with van der Waals surface area (Å²) < 4.78 is 5.65. The topological polar surface area (TPSA) is 28.4 Å². The zero-order chi connectivity index (χ0) is 13.5. The lowest BCUT2D eigenvalue weighted by Crippen LogP contribution is -2.46. The van der Waals surface area contributed by atoms with Gasteiger partial charge >= 0.3 is 0 Å². The Morgan fingerprint density at radius 3 is 2.67 bits per heavy atom. The number of benzene rings is 1. The molecule has 0 radical (unpaired) electrons. The van der Waals surface area contributed by atoms with Gasteiger partial charge in [0.05, 0.1) is 6.26 Å². The molecule has 2 atom stereocenters. The summed E-state index contributed by atoms with van der Waals surface area (Å²) in [4.78, 5) is 2.52. The number of piperidine rings is 1. The standard InChI is InChI=1S/C17H22N2O.ClH/c1-19(15-8-13-6-7-14(9-15)18-13)10-12-11-20-17-5-3-2-4-16(12)17;/h2-5,11,13-15,18H,6-10H2,1H3;1H. The first-order valence-corrected chi connectivity index (χ1v) is 7.71.